The molecule has 0 aliphatic carbocycles. The fraction of sp³-hybridized carbons (Fsp3) is 0.600. The zero-order chi connectivity index (χ0) is 18.7. The predicted molar refractivity (Wildman–Crippen MR) is 102 cm³/mol. The van der Waals surface area contributed by atoms with Crippen LogP contribution in [-0.2, 0) is 9.47 Å². The van der Waals surface area contributed by atoms with E-state index in [1.54, 1.807) is 13.3 Å². The Kier molecular flexibility index (Phi) is 5.43. The number of ether oxygens (including phenoxy) is 2. The molecule has 7 nitrogen and oxygen atoms in total. The monoisotopic (exact) mass is 372 g/mol. The van der Waals surface area contributed by atoms with Gasteiger partial charge in [-0.15, -0.1) is 0 Å². The average molecular weight is 372 g/mol. The fourth-order valence-electron chi connectivity index (χ4n) is 4.37. The van der Waals surface area contributed by atoms with E-state index in [1.165, 1.54) is 0 Å². The third-order valence-corrected chi connectivity index (χ3v) is 5.72. The summed E-state index contributed by atoms with van der Waals surface area (Å²) in [6.45, 7) is 6.48. The second-order valence-electron chi connectivity index (χ2n) is 7.72. The van der Waals surface area contributed by atoms with E-state index in [2.05, 4.69) is 9.88 Å². The number of aromatic nitrogens is 2. The molecule has 4 rings (SSSR count). The van der Waals surface area contributed by atoms with E-state index in [0.717, 1.165) is 64.4 Å². The van der Waals surface area contributed by atoms with Gasteiger partial charge in [0.1, 0.15) is 11.3 Å². The smallest absolute Gasteiger partial charge is 0.272 e. The van der Waals surface area contributed by atoms with Gasteiger partial charge in [-0.2, -0.15) is 0 Å². The molecule has 1 spiro atoms. The number of nitrogens with zero attached hydrogens (tertiary/aromatic N) is 4. The van der Waals surface area contributed by atoms with E-state index in [-0.39, 0.29) is 11.3 Å². The van der Waals surface area contributed by atoms with Gasteiger partial charge in [-0.25, -0.2) is 4.98 Å². The number of rotatable bonds is 4. The number of carbonyl (C=O) groups is 1. The number of fused-ring (bicyclic) bond motifs is 1. The van der Waals surface area contributed by atoms with Gasteiger partial charge in [0.05, 0.1) is 26.0 Å². The highest BCUT2D eigenvalue weighted by Crippen LogP contribution is 2.33. The zero-order valence-electron chi connectivity index (χ0n) is 16.0. The van der Waals surface area contributed by atoms with Crippen LogP contribution in [0.3, 0.4) is 0 Å². The molecule has 2 saturated heterocycles. The summed E-state index contributed by atoms with van der Waals surface area (Å²) in [5.41, 5.74) is 1.43. The van der Waals surface area contributed by atoms with E-state index < -0.39 is 0 Å². The third kappa shape index (κ3) is 3.85. The van der Waals surface area contributed by atoms with Crippen LogP contribution in [-0.4, -0.2) is 84.7 Å². The SMILES string of the molecule is COCCN1CCOC[C@@]2(CCCN(C(=O)c3cnc4ccccn34)C2)C1. The van der Waals surface area contributed by atoms with Crippen LogP contribution in [0.4, 0.5) is 0 Å². The quantitative estimate of drug-likeness (QED) is 0.815. The summed E-state index contributed by atoms with van der Waals surface area (Å²) in [4.78, 5) is 22.0. The average Bonchev–Trinajstić information content (AvgIpc) is 3.03. The van der Waals surface area contributed by atoms with Crippen LogP contribution in [0.5, 0.6) is 0 Å². The summed E-state index contributed by atoms with van der Waals surface area (Å²) in [5.74, 6) is 0.0560. The number of piperidine rings is 1. The van der Waals surface area contributed by atoms with E-state index in [1.807, 2.05) is 33.7 Å². The number of pyridine rings is 1. The van der Waals surface area contributed by atoms with Crippen molar-refractivity contribution in [2.24, 2.45) is 5.41 Å². The van der Waals surface area contributed by atoms with Gasteiger partial charge in [-0.1, -0.05) is 6.07 Å². The lowest BCUT2D eigenvalue weighted by atomic mass is 9.80. The van der Waals surface area contributed by atoms with E-state index in [4.69, 9.17) is 9.47 Å². The van der Waals surface area contributed by atoms with Gasteiger partial charge in [0.25, 0.3) is 5.91 Å². The molecular weight excluding hydrogens is 344 g/mol. The summed E-state index contributed by atoms with van der Waals surface area (Å²) in [7, 11) is 1.74. The Balaban J connectivity index is 1.52. The number of hydrogen-bond acceptors (Lipinski definition) is 5. The number of likely N-dealkylation sites (tertiary alicyclic amines) is 1. The van der Waals surface area contributed by atoms with Gasteiger partial charge in [-0.05, 0) is 25.0 Å². The van der Waals surface area contributed by atoms with E-state index in [0.29, 0.717) is 12.3 Å². The first-order chi connectivity index (χ1) is 13.2. The van der Waals surface area contributed by atoms with Gasteiger partial charge < -0.3 is 14.4 Å². The van der Waals surface area contributed by atoms with Crippen molar-refractivity contribution in [1.29, 1.82) is 0 Å². The topological polar surface area (TPSA) is 59.3 Å². The Morgan fingerprint density at radius 1 is 1.33 bits per heavy atom. The molecule has 27 heavy (non-hydrogen) atoms. The minimum absolute atomic E-state index is 0.00135. The molecule has 146 valence electrons. The lowest BCUT2D eigenvalue weighted by Crippen LogP contribution is -2.52. The van der Waals surface area contributed by atoms with Crippen LogP contribution in [0.25, 0.3) is 5.65 Å². The number of carbonyl (C=O) groups excluding carboxylic acids is 1. The van der Waals surface area contributed by atoms with E-state index in [9.17, 15) is 4.79 Å². The summed E-state index contributed by atoms with van der Waals surface area (Å²) in [6.07, 6.45) is 5.68. The molecule has 0 unspecified atom stereocenters. The van der Waals surface area contributed by atoms with Gasteiger partial charge in [0.15, 0.2) is 0 Å². The van der Waals surface area contributed by atoms with Crippen molar-refractivity contribution in [2.75, 3.05) is 59.7 Å². The lowest BCUT2D eigenvalue weighted by Gasteiger charge is -2.43. The molecule has 0 radical (unpaired) electrons. The normalized spacial score (nSPS) is 24.4. The number of methoxy groups -OCH3 is 1. The van der Waals surface area contributed by atoms with Crippen LogP contribution in [0.1, 0.15) is 23.3 Å². The molecule has 2 aromatic rings. The highest BCUT2D eigenvalue weighted by molar-refractivity contribution is 5.93. The Hall–Kier alpha value is -1.96. The molecule has 0 bridgehead atoms. The van der Waals surface area contributed by atoms with Gasteiger partial charge >= 0.3 is 0 Å². The van der Waals surface area contributed by atoms with Crippen LogP contribution in [0.15, 0.2) is 30.6 Å². The molecule has 0 N–H and O–H groups in total. The Morgan fingerprint density at radius 3 is 3.15 bits per heavy atom. The van der Waals surface area contributed by atoms with Gasteiger partial charge in [0, 0.05) is 51.4 Å². The van der Waals surface area contributed by atoms with E-state index >= 15 is 0 Å². The highest BCUT2D eigenvalue weighted by Gasteiger charge is 2.40. The highest BCUT2D eigenvalue weighted by atomic mass is 16.5. The Morgan fingerprint density at radius 2 is 2.26 bits per heavy atom. The van der Waals surface area contributed by atoms with Crippen molar-refractivity contribution >= 4 is 11.6 Å². The second kappa shape index (κ2) is 7.96. The summed E-state index contributed by atoms with van der Waals surface area (Å²) >= 11 is 0. The van der Waals surface area contributed by atoms with Crippen LogP contribution in [0.2, 0.25) is 0 Å². The van der Waals surface area contributed by atoms with Crippen molar-refractivity contribution in [3.63, 3.8) is 0 Å². The van der Waals surface area contributed by atoms with Gasteiger partial charge in [0.2, 0.25) is 0 Å². The lowest BCUT2D eigenvalue weighted by molar-refractivity contribution is 0.00593. The molecule has 0 aromatic carbocycles. The second-order valence-corrected chi connectivity index (χ2v) is 7.72. The first kappa shape index (κ1) is 18.4. The zero-order valence-corrected chi connectivity index (χ0v) is 16.0. The molecule has 2 aliphatic rings. The molecule has 0 saturated carbocycles. The van der Waals surface area contributed by atoms with Crippen LogP contribution < -0.4 is 0 Å². The maximum absolute atomic E-state index is 13.2. The molecule has 1 atom stereocenters. The van der Waals surface area contributed by atoms with Crippen LogP contribution in [0, 0.1) is 5.41 Å². The molecule has 2 aliphatic heterocycles. The number of imidazole rings is 1. The maximum atomic E-state index is 13.2. The number of hydrogen-bond donors (Lipinski definition) is 0. The van der Waals surface area contributed by atoms with Crippen molar-refractivity contribution in [3.05, 3.63) is 36.3 Å². The molecule has 2 aromatic heterocycles. The van der Waals surface area contributed by atoms with Crippen molar-refractivity contribution in [2.45, 2.75) is 12.8 Å². The standard InChI is InChI=1S/C20H28N4O3/c1-26-11-9-22-10-12-27-16-20(14-22)6-4-7-23(15-20)19(25)17-13-21-18-5-2-3-8-24(17)18/h2-3,5,8,13H,4,6-7,9-12,14-16H2,1H3/t20-/m0/s1. The third-order valence-electron chi connectivity index (χ3n) is 5.72. The Bertz CT molecular complexity index is 792. The van der Waals surface area contributed by atoms with Crippen molar-refractivity contribution in [3.8, 4) is 0 Å². The first-order valence-corrected chi connectivity index (χ1v) is 9.71. The van der Waals surface area contributed by atoms with Crippen molar-refractivity contribution < 1.29 is 14.3 Å². The first-order valence-electron chi connectivity index (χ1n) is 9.71. The molecule has 7 heteroatoms. The largest absolute Gasteiger partial charge is 0.383 e. The molecular formula is C20H28N4O3. The minimum Gasteiger partial charge on any atom is -0.383 e. The maximum Gasteiger partial charge on any atom is 0.272 e. The van der Waals surface area contributed by atoms with Crippen molar-refractivity contribution in [1.82, 2.24) is 19.2 Å². The van der Waals surface area contributed by atoms with Gasteiger partial charge in [-0.3, -0.25) is 14.1 Å². The Labute approximate surface area is 159 Å². The molecule has 4 heterocycles. The summed E-state index contributed by atoms with van der Waals surface area (Å²) in [6, 6.07) is 5.78. The minimum atomic E-state index is -0.00135. The number of amides is 1. The molecule has 1 amide bonds. The van der Waals surface area contributed by atoms with Crippen LogP contribution >= 0.6 is 0 Å². The predicted octanol–water partition coefficient (Wildman–Crippen LogP) is 1.54. The molecule has 2 fully saturated rings. The summed E-state index contributed by atoms with van der Waals surface area (Å²) < 4.78 is 13.1. The summed E-state index contributed by atoms with van der Waals surface area (Å²) in [5, 5.41) is 0. The fourth-order valence-corrected chi connectivity index (χ4v) is 4.37.